The average Bonchev–Trinajstić information content (AvgIpc) is 1.95. The Labute approximate surface area is 519 Å². The van der Waals surface area contributed by atoms with Crippen LogP contribution in [0.2, 0.25) is 0 Å². The second-order valence-electron chi connectivity index (χ2n) is 24.2. The van der Waals surface area contributed by atoms with E-state index in [1.807, 2.05) is 35.1 Å². The monoisotopic (exact) mass is 1270 g/mol. The third-order valence-corrected chi connectivity index (χ3v) is 21.5. The van der Waals surface area contributed by atoms with E-state index in [1.165, 1.54) is 29.5 Å². The minimum Gasteiger partial charge on any atom is -0.384 e. The first-order chi connectivity index (χ1) is 41.9. The summed E-state index contributed by atoms with van der Waals surface area (Å²) in [6, 6.07) is 21.5. The Kier molecular flexibility index (Phi) is 21.3. The molecule has 3 saturated heterocycles. The van der Waals surface area contributed by atoms with Crippen molar-refractivity contribution in [1.29, 1.82) is 0 Å². The minimum atomic E-state index is -6.13. The molecule has 4 aromatic rings. The number of amides is 5. The fraction of sp³-hybridized carbons (Fsp3) is 0.484. The number of carbonyl (C=O) groups is 5. The Morgan fingerprint density at radius 2 is 1.49 bits per heavy atom. The van der Waals surface area contributed by atoms with Gasteiger partial charge < -0.3 is 25.3 Å². The molecule has 1 aliphatic carbocycles. The van der Waals surface area contributed by atoms with E-state index in [2.05, 4.69) is 62.9 Å². The normalized spacial score (nSPS) is 19.4. The van der Waals surface area contributed by atoms with Gasteiger partial charge in [-0.2, -0.15) is 13.2 Å². The Morgan fingerprint density at radius 1 is 0.795 bits per heavy atom. The first-order valence-electron chi connectivity index (χ1n) is 30.3. The molecule has 4 aliphatic heterocycles. The van der Waals surface area contributed by atoms with Crippen LogP contribution >= 0.6 is 11.8 Å². The molecule has 2 atom stereocenters. The first kappa shape index (κ1) is 65.9. The van der Waals surface area contributed by atoms with Gasteiger partial charge in [-0.1, -0.05) is 68.3 Å². The summed E-state index contributed by atoms with van der Waals surface area (Å²) in [5.74, 6) is -3.00. The molecule has 4 heterocycles. The summed E-state index contributed by atoms with van der Waals surface area (Å²) in [5, 5.41) is 8.54. The molecule has 1 unspecified atom stereocenters. The van der Waals surface area contributed by atoms with Crippen molar-refractivity contribution in [1.82, 2.24) is 29.6 Å². The molecule has 0 aromatic heterocycles. The molecule has 5 aliphatic rings. The van der Waals surface area contributed by atoms with E-state index in [1.54, 1.807) is 41.5 Å². The molecule has 4 N–H and O–H groups in total. The van der Waals surface area contributed by atoms with Crippen molar-refractivity contribution in [3.63, 3.8) is 0 Å². The number of piperazine rings is 2. The molecule has 0 spiro atoms. The van der Waals surface area contributed by atoms with Crippen molar-refractivity contribution < 1.29 is 54.0 Å². The van der Waals surface area contributed by atoms with Crippen LogP contribution in [0.5, 0.6) is 0 Å². The number of piperidine rings is 1. The zero-order valence-electron chi connectivity index (χ0n) is 50.3. The number of sulfonamides is 1. The van der Waals surface area contributed by atoms with E-state index in [9.17, 15) is 54.0 Å². The van der Waals surface area contributed by atoms with Gasteiger partial charge in [-0.25, -0.2) is 21.6 Å². The number of imide groups is 2. The average molecular weight is 1270 g/mol. The summed E-state index contributed by atoms with van der Waals surface area (Å²) in [5.41, 5.74) is 0.166. The zero-order valence-corrected chi connectivity index (χ0v) is 52.7. The number of allylic oxidation sites excluding steroid dienone is 2. The lowest BCUT2D eigenvalue weighted by molar-refractivity contribution is -0.136. The number of fused-ring (bicyclic) bond motifs is 1. The van der Waals surface area contributed by atoms with Crippen LogP contribution < -0.4 is 25.6 Å². The molecular formula is C64H80F3N9O9S3. The summed E-state index contributed by atoms with van der Waals surface area (Å²) < 4.78 is 99.8. The lowest BCUT2D eigenvalue weighted by Crippen LogP contribution is -2.54. The van der Waals surface area contributed by atoms with Gasteiger partial charge in [0.2, 0.25) is 11.8 Å². The predicted octanol–water partition coefficient (Wildman–Crippen LogP) is 9.35. The SMILES string of the molecule is C=C(CC)CCC1=C(CN2CCN(c3ccc(C(=O)NS(=O)(=O)c4ccc(N[C@H](CCN5CCN(CCCCNc6cccc7c6C(=O)N(C6CCC(=O)NC6=O)C7=O)CC5)CSc5ccccc5)c(S(=O)(=O)C(F)(F)F)c4)cc3)CC2)CCC(C)(C)C1. The van der Waals surface area contributed by atoms with Gasteiger partial charge in [0.05, 0.1) is 21.7 Å². The van der Waals surface area contributed by atoms with Crippen molar-refractivity contribution in [2.24, 2.45) is 5.41 Å². The zero-order chi connectivity index (χ0) is 63.0. The topological polar surface area (TPSA) is 218 Å². The molecule has 88 heavy (non-hydrogen) atoms. The number of anilines is 3. The number of halogens is 3. The first-order valence-corrected chi connectivity index (χ1v) is 34.3. The number of hydrogen-bond donors (Lipinski definition) is 4. The lowest BCUT2D eigenvalue weighted by Gasteiger charge is -2.39. The summed E-state index contributed by atoms with van der Waals surface area (Å²) in [4.78, 5) is 73.5. The fourth-order valence-electron chi connectivity index (χ4n) is 12.1. The van der Waals surface area contributed by atoms with Crippen LogP contribution in [0, 0.1) is 5.41 Å². The largest absolute Gasteiger partial charge is 0.501 e. The van der Waals surface area contributed by atoms with Crippen LogP contribution in [-0.2, 0) is 29.4 Å². The summed E-state index contributed by atoms with van der Waals surface area (Å²) in [7, 11) is -11.0. The number of nitrogens with one attached hydrogen (secondary N) is 4. The molecule has 9 rings (SSSR count). The Bertz CT molecular complexity index is 3500. The van der Waals surface area contributed by atoms with Crippen LogP contribution in [0.1, 0.15) is 122 Å². The van der Waals surface area contributed by atoms with E-state index < -0.39 is 82.5 Å². The Balaban J connectivity index is 0.781. The van der Waals surface area contributed by atoms with Crippen LogP contribution in [0.3, 0.4) is 0 Å². The number of carbonyl (C=O) groups excluding carboxylic acids is 5. The molecule has 4 aromatic carbocycles. The van der Waals surface area contributed by atoms with E-state index >= 15 is 0 Å². The van der Waals surface area contributed by atoms with Crippen molar-refractivity contribution >= 4 is 78.2 Å². The maximum atomic E-state index is 14.5. The van der Waals surface area contributed by atoms with Gasteiger partial charge in [0.1, 0.15) is 10.9 Å². The molecule has 0 saturated carbocycles. The number of hydrogen-bond acceptors (Lipinski definition) is 16. The number of unbranched alkanes of at least 4 members (excludes halogenated alkanes) is 1. The highest BCUT2D eigenvalue weighted by Gasteiger charge is 2.49. The van der Waals surface area contributed by atoms with E-state index in [0.717, 1.165) is 131 Å². The molecule has 474 valence electrons. The van der Waals surface area contributed by atoms with Gasteiger partial charge in [0, 0.05) is 112 Å². The van der Waals surface area contributed by atoms with E-state index in [4.69, 9.17) is 0 Å². The van der Waals surface area contributed by atoms with Crippen LogP contribution in [0.15, 0.2) is 129 Å². The molecule has 5 amide bonds. The maximum absolute atomic E-state index is 14.5. The van der Waals surface area contributed by atoms with E-state index in [0.29, 0.717) is 50.1 Å². The highest BCUT2D eigenvalue weighted by Crippen LogP contribution is 2.42. The minimum absolute atomic E-state index is 0.0146. The number of sulfone groups is 1. The highest BCUT2D eigenvalue weighted by atomic mass is 32.2. The van der Waals surface area contributed by atoms with Crippen molar-refractivity contribution in [2.75, 3.05) is 99.8 Å². The van der Waals surface area contributed by atoms with Crippen molar-refractivity contribution in [3.8, 4) is 0 Å². The van der Waals surface area contributed by atoms with Crippen molar-refractivity contribution in [2.45, 2.75) is 124 Å². The van der Waals surface area contributed by atoms with Crippen LogP contribution in [-0.4, -0.2) is 168 Å². The van der Waals surface area contributed by atoms with Crippen molar-refractivity contribution in [3.05, 3.63) is 131 Å². The number of alkyl halides is 3. The summed E-state index contributed by atoms with van der Waals surface area (Å²) in [6.07, 6.45) is 8.46. The number of nitrogens with zero attached hydrogens (tertiary/aromatic N) is 5. The highest BCUT2D eigenvalue weighted by molar-refractivity contribution is 7.99. The second kappa shape index (κ2) is 28.5. The van der Waals surface area contributed by atoms with Gasteiger partial charge in [-0.05, 0) is 143 Å². The van der Waals surface area contributed by atoms with Crippen LogP contribution in [0.4, 0.5) is 30.2 Å². The quantitative estimate of drug-likeness (QED) is 0.0199. The molecule has 3 fully saturated rings. The van der Waals surface area contributed by atoms with Gasteiger partial charge in [0.25, 0.3) is 37.6 Å². The number of rotatable bonds is 26. The molecule has 24 heteroatoms. The van der Waals surface area contributed by atoms with Gasteiger partial charge in [-0.3, -0.25) is 39.1 Å². The van der Waals surface area contributed by atoms with Gasteiger partial charge in [0.15, 0.2) is 0 Å². The Hall–Kier alpha value is -6.57. The summed E-state index contributed by atoms with van der Waals surface area (Å²) in [6.45, 7) is 19.9. The molecular weight excluding hydrogens is 1190 g/mol. The van der Waals surface area contributed by atoms with Gasteiger partial charge >= 0.3 is 5.51 Å². The second-order valence-corrected chi connectivity index (χ2v) is 28.9. The standard InChI is InChI=1S/C64H80F3N9O9S3/c1-5-44(2)16-17-46-41-63(3,4)28-26-47(46)42-74-36-38-75(39-37-74)49-20-18-45(19-21-49)59(78)71-88(84,85)51-22-23-53(56(40-51)87(82,83)64(65,66)67)69-48(43-86-50-12-7-6-8-13-50)27-31-73-34-32-72(33-35-73)30-10-9-29-68-54-15-11-14-52-58(54)62(81)76(61(52)80)55-24-25-57(77)70-60(55)79/h6-8,11-15,18-23,40,48,55,68-69H,2,5,9-10,16-17,24-39,41-43H2,1,3-4H3,(H,71,78)(H,70,77,79)/t48-,55?/m1/s1. The third kappa shape index (κ3) is 16.2. The number of thioether (sulfide) groups is 1. The third-order valence-electron chi connectivity index (χ3n) is 17.4. The van der Waals surface area contributed by atoms with Crippen LogP contribution in [0.25, 0.3) is 0 Å². The lowest BCUT2D eigenvalue weighted by atomic mass is 9.73. The van der Waals surface area contributed by atoms with Gasteiger partial charge in [-0.15, -0.1) is 11.8 Å². The maximum Gasteiger partial charge on any atom is 0.501 e. The van der Waals surface area contributed by atoms with E-state index in [-0.39, 0.29) is 34.9 Å². The molecule has 0 bridgehead atoms. The predicted molar refractivity (Wildman–Crippen MR) is 336 cm³/mol. The fourth-order valence-corrected chi connectivity index (χ4v) is 15.1. The Morgan fingerprint density at radius 3 is 2.17 bits per heavy atom. The smallest absolute Gasteiger partial charge is 0.384 e. The molecule has 18 nitrogen and oxygen atoms in total. The molecule has 0 radical (unpaired) electrons. The summed E-state index contributed by atoms with van der Waals surface area (Å²) >= 11 is 1.43. The number of benzene rings is 4.